The molecule has 0 aliphatic carbocycles. The smallest absolute Gasteiger partial charge is 0.119 e. The van der Waals surface area contributed by atoms with Gasteiger partial charge < -0.3 is 5.11 Å². The maximum Gasteiger partial charge on any atom is 0.119 e. The summed E-state index contributed by atoms with van der Waals surface area (Å²) in [5.41, 5.74) is 3.51. The van der Waals surface area contributed by atoms with Crippen molar-refractivity contribution in [3.63, 3.8) is 0 Å². The summed E-state index contributed by atoms with van der Waals surface area (Å²) in [6, 6.07) is 6.10. The van der Waals surface area contributed by atoms with Crippen molar-refractivity contribution in [2.24, 2.45) is 10.8 Å². The van der Waals surface area contributed by atoms with Crippen LogP contribution in [0.5, 0.6) is 5.75 Å². The number of aryl methyl sites for hydroxylation is 1. The van der Waals surface area contributed by atoms with E-state index in [0.717, 1.165) is 12.8 Å². The van der Waals surface area contributed by atoms with Crippen LogP contribution in [0, 0.1) is 10.8 Å². The first-order valence-electron chi connectivity index (χ1n) is 11.4. The molecule has 0 amide bonds. The van der Waals surface area contributed by atoms with Gasteiger partial charge in [0.25, 0.3) is 0 Å². The molecule has 1 nitrogen and oxygen atoms in total. The van der Waals surface area contributed by atoms with Crippen molar-refractivity contribution in [3.8, 4) is 5.75 Å². The van der Waals surface area contributed by atoms with Crippen LogP contribution in [0.2, 0.25) is 0 Å². The summed E-state index contributed by atoms with van der Waals surface area (Å²) in [5, 5.41) is 10.3. The minimum Gasteiger partial charge on any atom is -0.508 e. The highest BCUT2D eigenvalue weighted by molar-refractivity contribution is 5.39. The third kappa shape index (κ3) is 12.2. The number of rotatable bonds is 12. The molecule has 0 bridgehead atoms. The Labute approximate surface area is 170 Å². The van der Waals surface area contributed by atoms with Crippen LogP contribution in [0.4, 0.5) is 0 Å². The van der Waals surface area contributed by atoms with Crippen molar-refractivity contribution < 1.29 is 5.11 Å². The van der Waals surface area contributed by atoms with Gasteiger partial charge in [-0.25, -0.2) is 0 Å². The van der Waals surface area contributed by atoms with Gasteiger partial charge in [0.15, 0.2) is 0 Å². The molecule has 0 aromatic heterocycles. The van der Waals surface area contributed by atoms with Gasteiger partial charge in [-0.05, 0) is 66.5 Å². The lowest BCUT2D eigenvalue weighted by molar-refractivity contribution is 0.356. The molecule has 1 heteroatoms. The highest BCUT2D eigenvalue weighted by Gasteiger charge is 2.11. The van der Waals surface area contributed by atoms with Crippen molar-refractivity contribution in [2.75, 3.05) is 0 Å². The Morgan fingerprint density at radius 1 is 0.630 bits per heavy atom. The van der Waals surface area contributed by atoms with Crippen LogP contribution < -0.4 is 0 Å². The van der Waals surface area contributed by atoms with Gasteiger partial charge in [0.1, 0.15) is 5.75 Å². The average Bonchev–Trinajstić information content (AvgIpc) is 2.53. The van der Waals surface area contributed by atoms with Gasteiger partial charge in [0.05, 0.1) is 0 Å². The topological polar surface area (TPSA) is 20.2 Å². The molecule has 0 aliphatic heterocycles. The minimum atomic E-state index is 0.456. The highest BCUT2D eigenvalue weighted by atomic mass is 16.3. The molecule has 1 rings (SSSR count). The highest BCUT2D eigenvalue weighted by Crippen LogP contribution is 2.27. The largest absolute Gasteiger partial charge is 0.508 e. The molecule has 1 aromatic rings. The standard InChI is InChI=1S/C26H46O/c1-25(2,3)20-13-9-7-11-16-22-17-15-19-24(27)23(22)18-12-8-10-14-21-26(4,5)6/h15,17,19,27H,7-14,16,18,20-21H2,1-6H3. The predicted octanol–water partition coefficient (Wildman–Crippen LogP) is 8.47. The van der Waals surface area contributed by atoms with Gasteiger partial charge in [0, 0.05) is 0 Å². The molecular formula is C26H46O. The summed E-state index contributed by atoms with van der Waals surface area (Å²) in [6.07, 6.45) is 15.1. The third-order valence-corrected chi connectivity index (χ3v) is 5.47. The van der Waals surface area contributed by atoms with Crippen molar-refractivity contribution in [2.45, 2.75) is 119 Å². The summed E-state index contributed by atoms with van der Waals surface area (Å²) in [5.74, 6) is 0.509. The SMILES string of the molecule is CC(C)(C)CCCCCCc1cccc(O)c1CCCCCCC(C)(C)C. The molecule has 0 spiro atoms. The van der Waals surface area contributed by atoms with E-state index in [0.29, 0.717) is 16.6 Å². The number of benzene rings is 1. The van der Waals surface area contributed by atoms with E-state index in [1.54, 1.807) is 0 Å². The summed E-state index contributed by atoms with van der Waals surface area (Å²) >= 11 is 0. The monoisotopic (exact) mass is 374 g/mol. The fourth-order valence-electron chi connectivity index (χ4n) is 3.78. The molecule has 1 N–H and O–H groups in total. The fraction of sp³-hybridized carbons (Fsp3) is 0.769. The van der Waals surface area contributed by atoms with E-state index in [4.69, 9.17) is 0 Å². The number of phenols is 1. The zero-order chi connectivity index (χ0) is 20.3. The zero-order valence-electron chi connectivity index (χ0n) is 19.2. The lowest BCUT2D eigenvalue weighted by Crippen LogP contribution is -2.04. The van der Waals surface area contributed by atoms with Gasteiger partial charge in [-0.1, -0.05) is 92.2 Å². The lowest BCUT2D eigenvalue weighted by Gasteiger charge is -2.17. The summed E-state index contributed by atoms with van der Waals surface area (Å²) in [6.45, 7) is 14.0. The second-order valence-corrected chi connectivity index (χ2v) is 10.9. The second kappa shape index (κ2) is 11.8. The molecule has 0 fully saturated rings. The molecule has 0 radical (unpaired) electrons. The van der Waals surface area contributed by atoms with Crippen LogP contribution >= 0.6 is 0 Å². The second-order valence-electron chi connectivity index (χ2n) is 10.9. The molecule has 0 saturated carbocycles. The van der Waals surface area contributed by atoms with Crippen molar-refractivity contribution in [1.82, 2.24) is 0 Å². The van der Waals surface area contributed by atoms with E-state index in [1.165, 1.54) is 75.3 Å². The molecular weight excluding hydrogens is 328 g/mol. The Kier molecular flexibility index (Phi) is 10.5. The minimum absolute atomic E-state index is 0.456. The number of hydrogen-bond acceptors (Lipinski definition) is 1. The van der Waals surface area contributed by atoms with E-state index < -0.39 is 0 Å². The molecule has 0 aliphatic rings. The normalized spacial score (nSPS) is 12.5. The first-order valence-corrected chi connectivity index (χ1v) is 11.4. The van der Waals surface area contributed by atoms with Gasteiger partial charge in [-0.3, -0.25) is 0 Å². The Balaban J connectivity index is 2.32. The Hall–Kier alpha value is -0.980. The Morgan fingerprint density at radius 3 is 1.63 bits per heavy atom. The zero-order valence-corrected chi connectivity index (χ0v) is 19.2. The van der Waals surface area contributed by atoms with E-state index in [1.807, 2.05) is 12.1 Å². The molecule has 0 saturated heterocycles. The van der Waals surface area contributed by atoms with Gasteiger partial charge >= 0.3 is 0 Å². The molecule has 1 aromatic carbocycles. The van der Waals surface area contributed by atoms with Crippen LogP contribution in [-0.4, -0.2) is 5.11 Å². The van der Waals surface area contributed by atoms with Crippen molar-refractivity contribution >= 4 is 0 Å². The van der Waals surface area contributed by atoms with E-state index >= 15 is 0 Å². The summed E-state index contributed by atoms with van der Waals surface area (Å²) in [7, 11) is 0. The molecule has 27 heavy (non-hydrogen) atoms. The number of phenolic OH excluding ortho intramolecular Hbond substituents is 1. The Bertz CT molecular complexity index is 516. The average molecular weight is 375 g/mol. The van der Waals surface area contributed by atoms with E-state index in [9.17, 15) is 5.11 Å². The van der Waals surface area contributed by atoms with Crippen LogP contribution in [0.15, 0.2) is 18.2 Å². The van der Waals surface area contributed by atoms with Crippen LogP contribution in [0.1, 0.15) is 117 Å². The van der Waals surface area contributed by atoms with Crippen LogP contribution in [-0.2, 0) is 12.8 Å². The first kappa shape index (κ1) is 24.1. The summed E-state index contributed by atoms with van der Waals surface area (Å²) in [4.78, 5) is 0. The summed E-state index contributed by atoms with van der Waals surface area (Å²) < 4.78 is 0. The maximum atomic E-state index is 10.3. The Morgan fingerprint density at radius 2 is 1.11 bits per heavy atom. The lowest BCUT2D eigenvalue weighted by atomic mass is 9.88. The van der Waals surface area contributed by atoms with Crippen molar-refractivity contribution in [1.29, 1.82) is 0 Å². The maximum absolute atomic E-state index is 10.3. The van der Waals surface area contributed by atoms with Crippen molar-refractivity contribution in [3.05, 3.63) is 29.3 Å². The van der Waals surface area contributed by atoms with Gasteiger partial charge in [0.2, 0.25) is 0 Å². The fourth-order valence-corrected chi connectivity index (χ4v) is 3.78. The number of hydrogen-bond donors (Lipinski definition) is 1. The molecule has 156 valence electrons. The molecule has 0 atom stereocenters. The van der Waals surface area contributed by atoms with E-state index in [2.05, 4.69) is 47.6 Å². The first-order chi connectivity index (χ1) is 12.6. The van der Waals surface area contributed by atoms with Crippen LogP contribution in [0.25, 0.3) is 0 Å². The third-order valence-electron chi connectivity index (χ3n) is 5.47. The van der Waals surface area contributed by atoms with Crippen LogP contribution in [0.3, 0.4) is 0 Å². The number of unbranched alkanes of at least 4 members (excludes halogenated alkanes) is 6. The quantitative estimate of drug-likeness (QED) is 0.364. The molecule has 0 heterocycles. The molecule has 0 unspecified atom stereocenters. The van der Waals surface area contributed by atoms with Gasteiger partial charge in [-0.2, -0.15) is 0 Å². The van der Waals surface area contributed by atoms with Gasteiger partial charge in [-0.15, -0.1) is 0 Å². The van der Waals surface area contributed by atoms with E-state index in [-0.39, 0.29) is 0 Å². The number of aromatic hydroxyl groups is 1. The predicted molar refractivity (Wildman–Crippen MR) is 121 cm³/mol.